The van der Waals surface area contributed by atoms with Crippen LogP contribution in [0, 0.1) is 17.0 Å². The van der Waals surface area contributed by atoms with Crippen LogP contribution < -0.4 is 10.1 Å². The summed E-state index contributed by atoms with van der Waals surface area (Å²) in [5.74, 6) is -3.10. The Morgan fingerprint density at radius 2 is 1.64 bits per heavy atom. The minimum absolute atomic E-state index is 0.0304. The number of benzene rings is 2. The van der Waals surface area contributed by atoms with Gasteiger partial charge in [-0.05, 0) is 43.4 Å². The van der Waals surface area contributed by atoms with Crippen molar-refractivity contribution in [1.29, 1.82) is 0 Å². The van der Waals surface area contributed by atoms with Crippen LogP contribution in [0.1, 0.15) is 36.3 Å². The van der Waals surface area contributed by atoms with Crippen LogP contribution >= 0.6 is 0 Å². The highest BCUT2D eigenvalue weighted by Crippen LogP contribution is 2.52. The number of halogens is 5. The molecule has 1 spiro atoms. The van der Waals surface area contributed by atoms with Gasteiger partial charge in [-0.25, -0.2) is 8.78 Å². The van der Waals surface area contributed by atoms with E-state index in [1.54, 1.807) is 6.07 Å². The van der Waals surface area contributed by atoms with E-state index in [4.69, 9.17) is 9.47 Å². The minimum atomic E-state index is -5.00. The van der Waals surface area contributed by atoms with E-state index in [2.05, 4.69) is 5.32 Å². The van der Waals surface area contributed by atoms with Crippen molar-refractivity contribution in [1.82, 2.24) is 10.2 Å². The van der Waals surface area contributed by atoms with Crippen LogP contribution in [0.3, 0.4) is 0 Å². The summed E-state index contributed by atoms with van der Waals surface area (Å²) in [6, 6.07) is 8.93. The number of carbonyl (C=O) groups is 1. The Hall–Kier alpha value is -2.72. The van der Waals surface area contributed by atoms with Crippen LogP contribution in [-0.2, 0) is 15.1 Å². The van der Waals surface area contributed by atoms with Gasteiger partial charge in [-0.3, -0.25) is 4.79 Å². The second kappa shape index (κ2) is 9.97. The van der Waals surface area contributed by atoms with Crippen molar-refractivity contribution < 1.29 is 36.2 Å². The standard InChI is InChI=1S/C26H29F5N2O3/c1-35-22-20(28)9-8-19(27)21(22)18-16-32-13-10-24(18)11-14-33(15-12-24)23(34)25(36-2,26(29,30)31)17-6-4-3-5-7-17/h3-9,18,32H,10-16H2,1-2H3/t18?,25-/m1/s1. The van der Waals surface area contributed by atoms with Crippen molar-refractivity contribution in [3.63, 3.8) is 0 Å². The maximum absolute atomic E-state index is 15.0. The lowest BCUT2D eigenvalue weighted by molar-refractivity contribution is -0.271. The van der Waals surface area contributed by atoms with Crippen molar-refractivity contribution in [2.75, 3.05) is 40.4 Å². The van der Waals surface area contributed by atoms with Crippen LogP contribution in [0.5, 0.6) is 5.75 Å². The largest absolute Gasteiger partial charge is 0.493 e. The Kier molecular flexibility index (Phi) is 7.30. The summed E-state index contributed by atoms with van der Waals surface area (Å²) in [5, 5.41) is 3.22. The first kappa shape index (κ1) is 26.3. The fraction of sp³-hybridized carbons (Fsp3) is 0.500. The Morgan fingerprint density at radius 3 is 2.22 bits per heavy atom. The van der Waals surface area contributed by atoms with Crippen molar-refractivity contribution in [2.24, 2.45) is 5.41 Å². The van der Waals surface area contributed by atoms with Crippen molar-refractivity contribution in [2.45, 2.75) is 37.0 Å². The molecule has 1 amide bonds. The monoisotopic (exact) mass is 512 g/mol. The molecule has 1 N–H and O–H groups in total. The number of hydrogen-bond donors (Lipinski definition) is 1. The molecule has 2 aromatic rings. The normalized spacial score (nSPS) is 21.8. The molecular formula is C26H29F5N2O3. The summed E-state index contributed by atoms with van der Waals surface area (Å²) in [5.41, 5.74) is -3.85. The molecule has 0 bridgehead atoms. The molecule has 196 valence electrons. The van der Waals surface area contributed by atoms with Crippen LogP contribution in [0.4, 0.5) is 22.0 Å². The number of nitrogens with one attached hydrogen (secondary N) is 1. The summed E-state index contributed by atoms with van der Waals surface area (Å²) >= 11 is 0. The van der Waals surface area contributed by atoms with Crippen LogP contribution in [0.25, 0.3) is 0 Å². The molecule has 2 heterocycles. The molecule has 36 heavy (non-hydrogen) atoms. The number of amides is 1. The first-order valence-electron chi connectivity index (χ1n) is 11.8. The van der Waals surface area contributed by atoms with Crippen LogP contribution in [-0.4, -0.2) is 57.4 Å². The molecule has 2 atom stereocenters. The highest BCUT2D eigenvalue weighted by atomic mass is 19.4. The first-order valence-corrected chi connectivity index (χ1v) is 11.8. The smallest absolute Gasteiger partial charge is 0.430 e. The van der Waals surface area contributed by atoms with Gasteiger partial charge in [0, 0.05) is 43.8 Å². The minimum Gasteiger partial charge on any atom is -0.493 e. The number of hydrogen-bond acceptors (Lipinski definition) is 4. The van der Waals surface area contributed by atoms with E-state index in [-0.39, 0.29) is 30.0 Å². The predicted octanol–water partition coefficient (Wildman–Crippen LogP) is 4.76. The number of methoxy groups -OCH3 is 2. The highest BCUT2D eigenvalue weighted by Gasteiger charge is 2.64. The Bertz CT molecular complexity index is 1090. The zero-order chi connectivity index (χ0) is 26.1. The number of piperidine rings is 2. The van der Waals surface area contributed by atoms with Crippen LogP contribution in [0.2, 0.25) is 0 Å². The molecule has 2 aliphatic rings. The van der Waals surface area contributed by atoms with E-state index in [9.17, 15) is 26.7 Å². The fourth-order valence-corrected chi connectivity index (χ4v) is 5.84. The molecule has 0 aromatic heterocycles. The molecule has 0 aliphatic carbocycles. The van der Waals surface area contributed by atoms with Gasteiger partial charge in [-0.2, -0.15) is 13.2 Å². The van der Waals surface area contributed by atoms with Gasteiger partial charge < -0.3 is 19.7 Å². The third kappa shape index (κ3) is 4.24. The van der Waals surface area contributed by atoms with E-state index >= 15 is 0 Å². The number of nitrogens with zero attached hydrogens (tertiary/aromatic N) is 1. The third-order valence-electron chi connectivity index (χ3n) is 7.77. The average Bonchev–Trinajstić information content (AvgIpc) is 2.87. The SMILES string of the molecule is COc1c(F)ccc(F)c1C1CNCCC12CCN(C(=O)[C@](OC)(c1ccccc1)C(F)(F)F)CC2. The molecule has 5 nitrogen and oxygen atoms in total. The second-order valence-electron chi connectivity index (χ2n) is 9.39. The zero-order valence-electron chi connectivity index (χ0n) is 20.1. The third-order valence-corrected chi connectivity index (χ3v) is 7.77. The second-order valence-corrected chi connectivity index (χ2v) is 9.39. The highest BCUT2D eigenvalue weighted by molar-refractivity contribution is 5.88. The topological polar surface area (TPSA) is 50.8 Å². The van der Waals surface area contributed by atoms with Gasteiger partial charge >= 0.3 is 6.18 Å². The maximum atomic E-state index is 15.0. The summed E-state index contributed by atoms with van der Waals surface area (Å²) in [4.78, 5) is 14.6. The average molecular weight is 513 g/mol. The lowest BCUT2D eigenvalue weighted by Gasteiger charge is -2.51. The number of likely N-dealkylation sites (tertiary alicyclic amines) is 1. The number of rotatable bonds is 5. The molecule has 4 rings (SSSR count). The lowest BCUT2D eigenvalue weighted by Crippen LogP contribution is -2.59. The first-order chi connectivity index (χ1) is 17.1. The van der Waals surface area contributed by atoms with Gasteiger partial charge in [0.2, 0.25) is 0 Å². The lowest BCUT2D eigenvalue weighted by atomic mass is 9.62. The maximum Gasteiger partial charge on any atom is 0.430 e. The Labute approximate surface area is 206 Å². The molecule has 0 radical (unpaired) electrons. The summed E-state index contributed by atoms with van der Waals surface area (Å²) in [6.45, 7) is 1.04. The molecule has 2 fully saturated rings. The Balaban J connectivity index is 1.65. The number of alkyl halides is 3. The molecule has 10 heteroatoms. The van der Waals surface area contributed by atoms with E-state index < -0.39 is 40.7 Å². The van der Waals surface area contributed by atoms with Gasteiger partial charge in [0.25, 0.3) is 11.5 Å². The van der Waals surface area contributed by atoms with E-state index in [1.165, 1.54) is 36.3 Å². The van der Waals surface area contributed by atoms with Gasteiger partial charge in [-0.15, -0.1) is 0 Å². The fourth-order valence-electron chi connectivity index (χ4n) is 5.84. The van der Waals surface area contributed by atoms with Gasteiger partial charge in [-0.1, -0.05) is 30.3 Å². The number of carbonyl (C=O) groups excluding carboxylic acids is 1. The number of ether oxygens (including phenoxy) is 2. The van der Waals surface area contributed by atoms with Gasteiger partial charge in [0.1, 0.15) is 5.82 Å². The van der Waals surface area contributed by atoms with E-state index in [0.717, 1.165) is 19.2 Å². The van der Waals surface area contributed by atoms with Crippen molar-refractivity contribution >= 4 is 5.91 Å². The molecular weight excluding hydrogens is 483 g/mol. The quantitative estimate of drug-likeness (QED) is 0.587. The van der Waals surface area contributed by atoms with E-state index in [1.807, 2.05) is 0 Å². The molecule has 2 aliphatic heterocycles. The van der Waals surface area contributed by atoms with Gasteiger partial charge in [0.05, 0.1) is 7.11 Å². The molecule has 2 aromatic carbocycles. The van der Waals surface area contributed by atoms with Crippen LogP contribution in [0.15, 0.2) is 42.5 Å². The summed E-state index contributed by atoms with van der Waals surface area (Å²) in [6.07, 6.45) is -3.73. The van der Waals surface area contributed by atoms with Crippen molar-refractivity contribution in [3.8, 4) is 5.75 Å². The van der Waals surface area contributed by atoms with Gasteiger partial charge in [0.15, 0.2) is 11.6 Å². The molecule has 1 unspecified atom stereocenters. The molecule has 0 saturated carbocycles. The molecule has 2 saturated heterocycles. The summed E-state index contributed by atoms with van der Waals surface area (Å²) in [7, 11) is 2.16. The zero-order valence-corrected chi connectivity index (χ0v) is 20.1. The predicted molar refractivity (Wildman–Crippen MR) is 123 cm³/mol. The Morgan fingerprint density at radius 1 is 1.00 bits per heavy atom. The summed E-state index contributed by atoms with van der Waals surface area (Å²) < 4.78 is 82.8. The van der Waals surface area contributed by atoms with E-state index in [0.29, 0.717) is 32.4 Å². The van der Waals surface area contributed by atoms with Crippen molar-refractivity contribution in [3.05, 3.63) is 65.2 Å².